The molecule has 5 nitrogen and oxygen atoms in total. The van der Waals surface area contributed by atoms with Gasteiger partial charge < -0.3 is 10.0 Å². The van der Waals surface area contributed by atoms with Crippen molar-refractivity contribution in [3.63, 3.8) is 0 Å². The first-order valence-corrected chi connectivity index (χ1v) is 7.15. The fourth-order valence-electron chi connectivity index (χ4n) is 2.82. The van der Waals surface area contributed by atoms with Crippen molar-refractivity contribution >= 4 is 22.8 Å². The van der Waals surface area contributed by atoms with Gasteiger partial charge >= 0.3 is 5.97 Å². The van der Waals surface area contributed by atoms with E-state index in [2.05, 4.69) is 4.98 Å². The second kappa shape index (κ2) is 5.71. The Bertz CT molecular complexity index is 747. The van der Waals surface area contributed by atoms with E-state index in [0.29, 0.717) is 23.9 Å². The lowest BCUT2D eigenvalue weighted by atomic mass is 10.0. The number of benzene rings is 1. The molecule has 0 aliphatic carbocycles. The molecular formula is C16H15FN2O3. The average Bonchev–Trinajstić information content (AvgIpc) is 2.53. The van der Waals surface area contributed by atoms with Crippen LogP contribution in [0, 0.1) is 5.82 Å². The molecule has 1 amide bonds. The van der Waals surface area contributed by atoms with Crippen LogP contribution in [0.3, 0.4) is 0 Å². The van der Waals surface area contributed by atoms with E-state index in [1.165, 1.54) is 23.2 Å². The quantitative estimate of drug-likeness (QED) is 0.925. The number of fused-ring (bicyclic) bond motifs is 1. The lowest BCUT2D eigenvalue weighted by Gasteiger charge is -2.32. The van der Waals surface area contributed by atoms with Gasteiger partial charge in [0, 0.05) is 18.1 Å². The number of carbonyl (C=O) groups excluding carboxylic acids is 1. The van der Waals surface area contributed by atoms with Crippen LogP contribution in [0.1, 0.15) is 29.6 Å². The van der Waals surface area contributed by atoms with Crippen molar-refractivity contribution in [2.24, 2.45) is 0 Å². The number of carboxylic acids is 1. The number of amides is 1. The number of piperidine rings is 1. The van der Waals surface area contributed by atoms with Gasteiger partial charge in [-0.05, 0) is 43.5 Å². The van der Waals surface area contributed by atoms with E-state index in [-0.39, 0.29) is 11.5 Å². The van der Waals surface area contributed by atoms with Crippen molar-refractivity contribution in [1.29, 1.82) is 0 Å². The highest BCUT2D eigenvalue weighted by atomic mass is 19.1. The number of aromatic nitrogens is 1. The Morgan fingerprint density at radius 1 is 1.27 bits per heavy atom. The van der Waals surface area contributed by atoms with E-state index in [1.807, 2.05) is 0 Å². The molecule has 6 heteroatoms. The highest BCUT2D eigenvalue weighted by Gasteiger charge is 2.32. The molecular weight excluding hydrogens is 287 g/mol. The molecule has 0 spiro atoms. The summed E-state index contributed by atoms with van der Waals surface area (Å²) in [4.78, 5) is 29.4. The molecule has 1 fully saturated rings. The predicted octanol–water partition coefficient (Wildman–Crippen LogP) is 2.45. The van der Waals surface area contributed by atoms with Crippen molar-refractivity contribution in [1.82, 2.24) is 9.88 Å². The Kier molecular flexibility index (Phi) is 3.75. The number of nitrogens with zero attached hydrogens (tertiary/aromatic N) is 2. The average molecular weight is 302 g/mol. The molecule has 0 bridgehead atoms. The maximum Gasteiger partial charge on any atom is 0.326 e. The third-order valence-electron chi connectivity index (χ3n) is 3.94. The summed E-state index contributed by atoms with van der Waals surface area (Å²) in [5.74, 6) is -1.76. The summed E-state index contributed by atoms with van der Waals surface area (Å²) in [5, 5.41) is 9.78. The van der Waals surface area contributed by atoms with Gasteiger partial charge in [0.25, 0.3) is 5.91 Å². The number of aliphatic carboxylic acids is 1. The van der Waals surface area contributed by atoms with Gasteiger partial charge in [-0.25, -0.2) is 9.18 Å². The highest BCUT2D eigenvalue weighted by molar-refractivity contribution is 5.99. The van der Waals surface area contributed by atoms with Gasteiger partial charge in [-0.15, -0.1) is 0 Å². The SMILES string of the molecule is O=C(O)C1CCCCN1C(=O)c1cnc2ccc(F)cc2c1. The van der Waals surface area contributed by atoms with Gasteiger partial charge in [-0.1, -0.05) is 0 Å². The Balaban J connectivity index is 1.95. The van der Waals surface area contributed by atoms with Crippen LogP contribution in [-0.2, 0) is 4.79 Å². The van der Waals surface area contributed by atoms with Crippen LogP contribution >= 0.6 is 0 Å². The van der Waals surface area contributed by atoms with E-state index in [4.69, 9.17) is 0 Å². The van der Waals surface area contributed by atoms with Gasteiger partial charge in [0.1, 0.15) is 11.9 Å². The molecule has 1 N–H and O–H groups in total. The molecule has 1 saturated heterocycles. The zero-order valence-corrected chi connectivity index (χ0v) is 11.8. The monoisotopic (exact) mass is 302 g/mol. The van der Waals surface area contributed by atoms with Crippen molar-refractivity contribution in [2.75, 3.05) is 6.54 Å². The first-order valence-electron chi connectivity index (χ1n) is 7.15. The topological polar surface area (TPSA) is 70.5 Å². The maximum atomic E-state index is 13.3. The Morgan fingerprint density at radius 3 is 2.86 bits per heavy atom. The van der Waals surface area contributed by atoms with Crippen LogP contribution in [0.2, 0.25) is 0 Å². The van der Waals surface area contributed by atoms with Crippen molar-refractivity contribution in [3.05, 3.63) is 41.8 Å². The largest absolute Gasteiger partial charge is 0.480 e. The van der Waals surface area contributed by atoms with E-state index in [9.17, 15) is 19.1 Å². The minimum absolute atomic E-state index is 0.284. The van der Waals surface area contributed by atoms with Crippen LogP contribution in [0.5, 0.6) is 0 Å². The summed E-state index contributed by atoms with van der Waals surface area (Å²) >= 11 is 0. The standard InChI is InChI=1S/C16H15FN2O3/c17-12-4-5-13-10(8-12)7-11(9-18-13)15(20)19-6-2-1-3-14(19)16(21)22/h4-5,7-9,14H,1-3,6H2,(H,21,22). The molecule has 1 aliphatic heterocycles. The van der Waals surface area contributed by atoms with Gasteiger partial charge in [-0.2, -0.15) is 0 Å². The predicted molar refractivity (Wildman–Crippen MR) is 78.0 cm³/mol. The van der Waals surface area contributed by atoms with Crippen molar-refractivity contribution in [2.45, 2.75) is 25.3 Å². The Morgan fingerprint density at radius 2 is 2.09 bits per heavy atom. The zero-order valence-electron chi connectivity index (χ0n) is 11.8. The number of carboxylic acid groups (broad SMARTS) is 1. The molecule has 1 unspecified atom stereocenters. The van der Waals surface area contributed by atoms with Crippen LogP contribution in [0.15, 0.2) is 30.5 Å². The fraction of sp³-hybridized carbons (Fsp3) is 0.312. The number of hydrogen-bond donors (Lipinski definition) is 1. The lowest BCUT2D eigenvalue weighted by molar-refractivity contribution is -0.143. The first-order chi connectivity index (χ1) is 10.6. The molecule has 1 atom stereocenters. The number of rotatable bonds is 2. The number of halogens is 1. The number of pyridine rings is 1. The summed E-state index contributed by atoms with van der Waals surface area (Å²) in [5.41, 5.74) is 0.873. The summed E-state index contributed by atoms with van der Waals surface area (Å²) in [6.45, 7) is 0.414. The first kappa shape index (κ1) is 14.4. The van der Waals surface area contributed by atoms with Gasteiger partial charge in [0.2, 0.25) is 0 Å². The van der Waals surface area contributed by atoms with Crippen molar-refractivity contribution < 1.29 is 19.1 Å². The van der Waals surface area contributed by atoms with Crippen LogP contribution in [0.25, 0.3) is 10.9 Å². The van der Waals surface area contributed by atoms with Crippen LogP contribution in [0.4, 0.5) is 4.39 Å². The Labute approximate surface area is 126 Å². The number of likely N-dealkylation sites (tertiary alicyclic amines) is 1. The van der Waals surface area contributed by atoms with E-state index < -0.39 is 17.8 Å². The smallest absolute Gasteiger partial charge is 0.326 e. The van der Waals surface area contributed by atoms with Crippen LogP contribution < -0.4 is 0 Å². The fourth-order valence-corrected chi connectivity index (χ4v) is 2.82. The molecule has 0 radical (unpaired) electrons. The van der Waals surface area contributed by atoms with Gasteiger partial charge in [0.05, 0.1) is 11.1 Å². The third kappa shape index (κ3) is 2.64. The number of carbonyl (C=O) groups is 2. The third-order valence-corrected chi connectivity index (χ3v) is 3.94. The summed E-state index contributed by atoms with van der Waals surface area (Å²) in [6.07, 6.45) is 3.44. The molecule has 2 aromatic rings. The number of hydrogen-bond acceptors (Lipinski definition) is 3. The molecule has 22 heavy (non-hydrogen) atoms. The van der Waals surface area contributed by atoms with E-state index >= 15 is 0 Å². The normalized spacial score (nSPS) is 18.4. The Hall–Kier alpha value is -2.50. The van der Waals surface area contributed by atoms with E-state index in [0.717, 1.165) is 12.8 Å². The molecule has 2 heterocycles. The summed E-state index contributed by atoms with van der Waals surface area (Å²) < 4.78 is 13.3. The van der Waals surface area contributed by atoms with Gasteiger partial charge in [0.15, 0.2) is 0 Å². The second-order valence-corrected chi connectivity index (χ2v) is 5.41. The van der Waals surface area contributed by atoms with Gasteiger partial charge in [-0.3, -0.25) is 9.78 Å². The van der Waals surface area contributed by atoms with E-state index in [1.54, 1.807) is 12.1 Å². The lowest BCUT2D eigenvalue weighted by Crippen LogP contribution is -2.48. The summed E-state index contributed by atoms with van der Waals surface area (Å²) in [6, 6.07) is 4.91. The van der Waals surface area contributed by atoms with Crippen LogP contribution in [-0.4, -0.2) is 39.5 Å². The van der Waals surface area contributed by atoms with Crippen molar-refractivity contribution in [3.8, 4) is 0 Å². The molecule has 3 rings (SSSR count). The molecule has 1 aromatic heterocycles. The highest BCUT2D eigenvalue weighted by Crippen LogP contribution is 2.21. The summed E-state index contributed by atoms with van der Waals surface area (Å²) in [7, 11) is 0. The molecule has 1 aromatic carbocycles. The maximum absolute atomic E-state index is 13.3. The zero-order chi connectivity index (χ0) is 15.7. The molecule has 1 aliphatic rings. The minimum Gasteiger partial charge on any atom is -0.480 e. The molecule has 114 valence electrons. The second-order valence-electron chi connectivity index (χ2n) is 5.41. The minimum atomic E-state index is -0.993. The molecule has 0 saturated carbocycles.